The third-order valence-electron chi connectivity index (χ3n) is 5.02. The second-order valence-electron chi connectivity index (χ2n) is 7.00. The van der Waals surface area contributed by atoms with E-state index >= 15 is 0 Å². The minimum atomic E-state index is -0.305. The van der Waals surface area contributed by atoms with Crippen molar-refractivity contribution in [3.8, 4) is 34.0 Å². The van der Waals surface area contributed by atoms with Gasteiger partial charge in [-0.1, -0.05) is 35.9 Å². The van der Waals surface area contributed by atoms with Crippen molar-refractivity contribution >= 4 is 11.6 Å². The zero-order chi connectivity index (χ0) is 21.4. The van der Waals surface area contributed by atoms with Crippen LogP contribution >= 0.6 is 11.6 Å². The SMILES string of the molecule is Cc1ccccc1-c1c(-c2nnnn2-c2ccc(Cl)cc2)cnn1-c1ccc(F)cc1. The molecule has 0 bridgehead atoms. The molecule has 8 heteroatoms. The Morgan fingerprint density at radius 1 is 0.806 bits per heavy atom. The molecule has 2 heterocycles. The Morgan fingerprint density at radius 2 is 1.48 bits per heavy atom. The molecule has 0 atom stereocenters. The third-order valence-corrected chi connectivity index (χ3v) is 5.27. The van der Waals surface area contributed by atoms with E-state index in [4.69, 9.17) is 11.6 Å². The molecule has 31 heavy (non-hydrogen) atoms. The number of benzene rings is 3. The van der Waals surface area contributed by atoms with Gasteiger partial charge in [-0.2, -0.15) is 9.78 Å². The molecule has 2 aromatic heterocycles. The molecule has 0 N–H and O–H groups in total. The van der Waals surface area contributed by atoms with Crippen molar-refractivity contribution in [1.82, 2.24) is 30.0 Å². The molecular formula is C23H16ClFN6. The van der Waals surface area contributed by atoms with Crippen LogP contribution in [0.4, 0.5) is 4.39 Å². The molecular weight excluding hydrogens is 415 g/mol. The average molecular weight is 431 g/mol. The zero-order valence-corrected chi connectivity index (χ0v) is 17.2. The van der Waals surface area contributed by atoms with Crippen LogP contribution in [0.25, 0.3) is 34.0 Å². The molecule has 6 nitrogen and oxygen atoms in total. The molecule has 0 fully saturated rings. The number of aryl methyl sites for hydroxylation is 1. The first-order chi connectivity index (χ1) is 15.1. The molecule has 0 spiro atoms. The van der Waals surface area contributed by atoms with Gasteiger partial charge in [0.25, 0.3) is 0 Å². The third kappa shape index (κ3) is 3.49. The number of rotatable bonds is 4. The number of hydrogen-bond acceptors (Lipinski definition) is 4. The molecule has 0 aliphatic rings. The van der Waals surface area contributed by atoms with Crippen LogP contribution in [0.5, 0.6) is 0 Å². The van der Waals surface area contributed by atoms with Crippen molar-refractivity contribution in [3.63, 3.8) is 0 Å². The fourth-order valence-corrected chi connectivity index (χ4v) is 3.63. The van der Waals surface area contributed by atoms with E-state index in [1.54, 1.807) is 39.8 Å². The maximum absolute atomic E-state index is 13.5. The van der Waals surface area contributed by atoms with Crippen LogP contribution in [0, 0.1) is 12.7 Å². The lowest BCUT2D eigenvalue weighted by Crippen LogP contribution is -2.03. The van der Waals surface area contributed by atoms with Gasteiger partial charge in [0.1, 0.15) is 5.82 Å². The van der Waals surface area contributed by atoms with Crippen LogP contribution in [-0.2, 0) is 0 Å². The monoisotopic (exact) mass is 430 g/mol. The van der Waals surface area contributed by atoms with Gasteiger partial charge in [0.15, 0.2) is 5.82 Å². The van der Waals surface area contributed by atoms with Crippen molar-refractivity contribution in [2.24, 2.45) is 0 Å². The molecule has 152 valence electrons. The molecule has 0 aliphatic carbocycles. The highest BCUT2D eigenvalue weighted by molar-refractivity contribution is 6.30. The molecule has 3 aromatic carbocycles. The summed E-state index contributed by atoms with van der Waals surface area (Å²) in [5, 5.41) is 17.6. The smallest absolute Gasteiger partial charge is 0.190 e. The summed E-state index contributed by atoms with van der Waals surface area (Å²) in [4.78, 5) is 0. The quantitative estimate of drug-likeness (QED) is 0.389. The Morgan fingerprint density at radius 3 is 2.23 bits per heavy atom. The van der Waals surface area contributed by atoms with E-state index in [1.165, 1.54) is 12.1 Å². The summed E-state index contributed by atoms with van der Waals surface area (Å²) in [5.74, 6) is 0.231. The van der Waals surface area contributed by atoms with Crippen molar-refractivity contribution in [2.75, 3.05) is 0 Å². The van der Waals surface area contributed by atoms with Crippen LogP contribution in [-0.4, -0.2) is 30.0 Å². The molecule has 5 rings (SSSR count). The van der Waals surface area contributed by atoms with Crippen LogP contribution in [0.2, 0.25) is 5.02 Å². The number of nitrogens with zero attached hydrogens (tertiary/aromatic N) is 6. The lowest BCUT2D eigenvalue weighted by Gasteiger charge is -2.12. The van der Waals surface area contributed by atoms with Gasteiger partial charge in [-0.3, -0.25) is 0 Å². The Hall–Kier alpha value is -3.84. The Kier molecular flexibility index (Phi) is 4.80. The predicted molar refractivity (Wildman–Crippen MR) is 117 cm³/mol. The molecule has 0 saturated heterocycles. The second-order valence-corrected chi connectivity index (χ2v) is 7.44. The van der Waals surface area contributed by atoms with Crippen LogP contribution in [0.3, 0.4) is 0 Å². The lowest BCUT2D eigenvalue weighted by atomic mass is 10.0. The summed E-state index contributed by atoms with van der Waals surface area (Å²) >= 11 is 6.03. The summed E-state index contributed by atoms with van der Waals surface area (Å²) in [6.07, 6.45) is 1.73. The van der Waals surface area contributed by atoms with E-state index in [2.05, 4.69) is 20.6 Å². The maximum atomic E-state index is 13.5. The lowest BCUT2D eigenvalue weighted by molar-refractivity contribution is 0.627. The Labute approximate surface area is 182 Å². The largest absolute Gasteiger partial charge is 0.232 e. The van der Waals surface area contributed by atoms with E-state index < -0.39 is 0 Å². The molecule has 0 amide bonds. The van der Waals surface area contributed by atoms with E-state index in [1.807, 2.05) is 43.3 Å². The van der Waals surface area contributed by atoms with Crippen molar-refractivity contribution < 1.29 is 4.39 Å². The standard InChI is InChI=1S/C23H16ClFN6/c1-15-4-2-3-5-20(15)22-21(14-26-30(22)18-12-8-17(25)9-13-18)23-27-28-29-31(23)19-10-6-16(24)7-11-19/h2-14H,1H3. The van der Waals surface area contributed by atoms with Gasteiger partial charge in [0, 0.05) is 10.6 Å². The first kappa shape index (κ1) is 19.1. The van der Waals surface area contributed by atoms with Gasteiger partial charge < -0.3 is 0 Å². The summed E-state index contributed by atoms with van der Waals surface area (Å²) in [5.41, 5.74) is 5.11. The zero-order valence-electron chi connectivity index (χ0n) is 16.4. The summed E-state index contributed by atoms with van der Waals surface area (Å²) in [6.45, 7) is 2.03. The van der Waals surface area contributed by atoms with Crippen LogP contribution in [0.15, 0.2) is 79.0 Å². The first-order valence-electron chi connectivity index (χ1n) is 9.56. The molecule has 5 aromatic rings. The highest BCUT2D eigenvalue weighted by atomic mass is 35.5. The van der Waals surface area contributed by atoms with Gasteiger partial charge in [-0.05, 0) is 71.4 Å². The topological polar surface area (TPSA) is 61.4 Å². The van der Waals surface area contributed by atoms with Crippen molar-refractivity contribution in [2.45, 2.75) is 6.92 Å². The highest BCUT2D eigenvalue weighted by Gasteiger charge is 2.22. The Bertz CT molecular complexity index is 1360. The predicted octanol–water partition coefficient (Wildman–Crippen LogP) is 5.28. The normalized spacial score (nSPS) is 11.1. The maximum Gasteiger partial charge on any atom is 0.190 e. The van der Waals surface area contributed by atoms with Gasteiger partial charge in [0.05, 0.1) is 28.8 Å². The minimum absolute atomic E-state index is 0.305. The highest BCUT2D eigenvalue weighted by Crippen LogP contribution is 2.35. The minimum Gasteiger partial charge on any atom is -0.232 e. The van der Waals surface area contributed by atoms with E-state index in [9.17, 15) is 4.39 Å². The fraction of sp³-hybridized carbons (Fsp3) is 0.0435. The van der Waals surface area contributed by atoms with Crippen molar-refractivity contribution in [3.05, 3.63) is 95.4 Å². The van der Waals surface area contributed by atoms with E-state index in [0.717, 1.165) is 33.8 Å². The molecule has 0 aliphatic heterocycles. The van der Waals surface area contributed by atoms with Gasteiger partial charge in [0.2, 0.25) is 0 Å². The fourth-order valence-electron chi connectivity index (χ4n) is 3.50. The molecule has 0 unspecified atom stereocenters. The van der Waals surface area contributed by atoms with E-state index in [0.29, 0.717) is 10.8 Å². The van der Waals surface area contributed by atoms with Crippen LogP contribution in [0.1, 0.15) is 5.56 Å². The Balaban J connectivity index is 1.75. The van der Waals surface area contributed by atoms with Crippen molar-refractivity contribution in [1.29, 1.82) is 0 Å². The molecule has 0 radical (unpaired) electrons. The number of aromatic nitrogens is 6. The van der Waals surface area contributed by atoms with E-state index in [-0.39, 0.29) is 5.82 Å². The van der Waals surface area contributed by atoms with Gasteiger partial charge in [-0.15, -0.1) is 5.10 Å². The summed E-state index contributed by atoms with van der Waals surface area (Å²) < 4.78 is 16.9. The number of hydrogen-bond donors (Lipinski definition) is 0. The summed E-state index contributed by atoms with van der Waals surface area (Å²) in [7, 11) is 0. The van der Waals surface area contributed by atoms with Gasteiger partial charge >= 0.3 is 0 Å². The first-order valence-corrected chi connectivity index (χ1v) is 9.94. The van der Waals surface area contributed by atoms with Gasteiger partial charge in [-0.25, -0.2) is 9.07 Å². The second kappa shape index (κ2) is 7.77. The number of halogens is 2. The number of tetrazole rings is 1. The molecule has 0 saturated carbocycles. The van der Waals surface area contributed by atoms with Crippen LogP contribution < -0.4 is 0 Å². The summed E-state index contributed by atoms with van der Waals surface area (Å²) in [6, 6.07) is 21.5. The average Bonchev–Trinajstić information content (AvgIpc) is 3.42.